The lowest BCUT2D eigenvalue weighted by molar-refractivity contribution is -0.385. The summed E-state index contributed by atoms with van der Waals surface area (Å²) in [7, 11) is 0. The molecule has 12 nitrogen and oxygen atoms in total. The van der Waals surface area contributed by atoms with Gasteiger partial charge in [-0.3, -0.25) is 30.3 Å². The van der Waals surface area contributed by atoms with Crippen molar-refractivity contribution in [3.63, 3.8) is 0 Å². The molecule has 0 amide bonds. The van der Waals surface area contributed by atoms with E-state index in [4.69, 9.17) is 14.2 Å². The molecule has 0 spiro atoms. The number of rotatable bonds is 12. The summed E-state index contributed by atoms with van der Waals surface area (Å²) < 4.78 is 17.9. The molecule has 0 aliphatic heterocycles. The highest BCUT2D eigenvalue weighted by Gasteiger charge is 2.16. The normalized spacial score (nSPS) is 10.5. The molecule has 0 saturated carbocycles. The molecule has 0 atom stereocenters. The van der Waals surface area contributed by atoms with Gasteiger partial charge in [-0.2, -0.15) is 0 Å². The Morgan fingerprint density at radius 1 is 0.487 bits per heavy atom. The maximum Gasteiger partial charge on any atom is 0.269 e. The molecule has 39 heavy (non-hydrogen) atoms. The van der Waals surface area contributed by atoms with Crippen LogP contribution in [0.25, 0.3) is 0 Å². The summed E-state index contributed by atoms with van der Waals surface area (Å²) in [4.78, 5) is 31.9. The van der Waals surface area contributed by atoms with Crippen LogP contribution >= 0.6 is 0 Å². The third kappa shape index (κ3) is 7.04. The van der Waals surface area contributed by atoms with Gasteiger partial charge < -0.3 is 14.2 Å². The molecule has 0 radical (unpaired) electrons. The predicted octanol–water partition coefficient (Wildman–Crippen LogP) is 6.15. The molecule has 0 unspecified atom stereocenters. The van der Waals surface area contributed by atoms with Gasteiger partial charge in [0.2, 0.25) is 5.75 Å². The number of ether oxygens (including phenoxy) is 3. The van der Waals surface area contributed by atoms with Crippen molar-refractivity contribution >= 4 is 17.1 Å². The van der Waals surface area contributed by atoms with Crippen molar-refractivity contribution in [3.8, 4) is 17.2 Å². The highest BCUT2D eigenvalue weighted by atomic mass is 16.6. The van der Waals surface area contributed by atoms with Gasteiger partial charge in [-0.1, -0.05) is 42.5 Å². The van der Waals surface area contributed by atoms with Gasteiger partial charge in [-0.15, -0.1) is 0 Å². The van der Waals surface area contributed by atoms with E-state index in [-0.39, 0.29) is 54.1 Å². The first kappa shape index (κ1) is 26.5. The Morgan fingerprint density at radius 2 is 0.821 bits per heavy atom. The topological polar surface area (TPSA) is 157 Å². The average molecular weight is 531 g/mol. The van der Waals surface area contributed by atoms with Crippen LogP contribution in [-0.2, 0) is 19.8 Å². The highest BCUT2D eigenvalue weighted by molar-refractivity contribution is 5.52. The van der Waals surface area contributed by atoms with Crippen molar-refractivity contribution in [1.29, 1.82) is 0 Å². The van der Waals surface area contributed by atoms with Gasteiger partial charge in [0.15, 0.2) is 11.5 Å². The summed E-state index contributed by atoms with van der Waals surface area (Å²) >= 11 is 0. The Hall–Kier alpha value is -5.52. The SMILES string of the molecule is O=[N+]([O-])c1cccc(COc2cccc(OCc3cccc([N+](=O)[O-])c3)c2OCc2cccc([N+](=O)[O-])c2)c1. The number of para-hydroxylation sites is 1. The summed E-state index contributed by atoms with van der Waals surface area (Å²) in [5, 5.41) is 33.4. The van der Waals surface area contributed by atoms with Crippen molar-refractivity contribution in [3.05, 3.63) is 138 Å². The third-order valence-electron chi connectivity index (χ3n) is 5.48. The monoisotopic (exact) mass is 531 g/mol. The van der Waals surface area contributed by atoms with Crippen molar-refractivity contribution in [2.24, 2.45) is 0 Å². The molecule has 0 bridgehead atoms. The fourth-order valence-corrected chi connectivity index (χ4v) is 3.62. The summed E-state index contributed by atoms with van der Waals surface area (Å²) in [5.74, 6) is 0.729. The minimum atomic E-state index is -0.507. The molecule has 0 N–H and O–H groups in total. The fourth-order valence-electron chi connectivity index (χ4n) is 3.62. The van der Waals surface area contributed by atoms with E-state index in [9.17, 15) is 30.3 Å². The second-order valence-corrected chi connectivity index (χ2v) is 8.23. The standard InChI is InChI=1S/C27H21N3O9/c31-28(32)22-8-1-5-19(13-22)16-37-25-11-4-12-26(38-17-20-6-2-9-23(14-20)29(33)34)27(25)39-18-21-7-3-10-24(15-21)30(35)36/h1-15H,16-18H2. The maximum atomic E-state index is 11.1. The third-order valence-corrected chi connectivity index (χ3v) is 5.48. The number of nitro benzene ring substituents is 3. The van der Waals surface area contributed by atoms with E-state index in [1.807, 2.05) is 0 Å². The fraction of sp³-hybridized carbons (Fsp3) is 0.111. The molecule has 0 aromatic heterocycles. The quantitative estimate of drug-likeness (QED) is 0.154. The molecule has 0 aliphatic rings. The molecule has 0 aliphatic carbocycles. The Kier molecular flexibility index (Phi) is 8.27. The van der Waals surface area contributed by atoms with Crippen molar-refractivity contribution in [1.82, 2.24) is 0 Å². The number of hydrogen-bond donors (Lipinski definition) is 0. The van der Waals surface area contributed by atoms with Crippen molar-refractivity contribution < 1.29 is 29.0 Å². The lowest BCUT2D eigenvalue weighted by Crippen LogP contribution is -2.04. The molecule has 0 heterocycles. The zero-order chi connectivity index (χ0) is 27.8. The molecule has 4 aromatic carbocycles. The summed E-state index contributed by atoms with van der Waals surface area (Å²) in [6.07, 6.45) is 0. The van der Waals surface area contributed by atoms with Crippen LogP contribution < -0.4 is 14.2 Å². The minimum Gasteiger partial charge on any atom is -0.485 e. The van der Waals surface area contributed by atoms with Gasteiger partial charge in [0, 0.05) is 36.4 Å². The van der Waals surface area contributed by atoms with Crippen molar-refractivity contribution in [2.75, 3.05) is 0 Å². The van der Waals surface area contributed by atoms with Crippen LogP contribution in [0.3, 0.4) is 0 Å². The van der Waals surface area contributed by atoms with E-state index in [0.717, 1.165) is 0 Å². The van der Waals surface area contributed by atoms with E-state index >= 15 is 0 Å². The van der Waals surface area contributed by atoms with Crippen LogP contribution in [0.2, 0.25) is 0 Å². The zero-order valence-electron chi connectivity index (χ0n) is 20.3. The Labute approximate surface area is 221 Å². The van der Waals surface area contributed by atoms with Crippen LogP contribution in [0.5, 0.6) is 17.2 Å². The molecular formula is C27H21N3O9. The van der Waals surface area contributed by atoms with Gasteiger partial charge >= 0.3 is 0 Å². The van der Waals surface area contributed by atoms with Gasteiger partial charge in [0.1, 0.15) is 19.8 Å². The van der Waals surface area contributed by atoms with E-state index in [1.165, 1.54) is 36.4 Å². The van der Waals surface area contributed by atoms with Crippen molar-refractivity contribution in [2.45, 2.75) is 19.8 Å². The number of benzene rings is 4. The number of hydrogen-bond acceptors (Lipinski definition) is 9. The first-order valence-electron chi connectivity index (χ1n) is 11.5. The minimum absolute atomic E-state index is 0.0107. The van der Waals surface area contributed by atoms with E-state index in [1.54, 1.807) is 54.6 Å². The second-order valence-electron chi connectivity index (χ2n) is 8.23. The molecule has 0 fully saturated rings. The smallest absolute Gasteiger partial charge is 0.269 e. The van der Waals surface area contributed by atoms with Crippen LogP contribution in [0.1, 0.15) is 16.7 Å². The van der Waals surface area contributed by atoms with Crippen LogP contribution in [0.4, 0.5) is 17.1 Å². The molecule has 198 valence electrons. The van der Waals surface area contributed by atoms with Gasteiger partial charge in [-0.05, 0) is 28.8 Å². The maximum absolute atomic E-state index is 11.1. The predicted molar refractivity (Wildman–Crippen MR) is 139 cm³/mol. The van der Waals surface area contributed by atoms with Gasteiger partial charge in [0.25, 0.3) is 17.1 Å². The molecule has 4 aromatic rings. The Balaban J connectivity index is 1.59. The number of nitro groups is 3. The van der Waals surface area contributed by atoms with Crippen LogP contribution in [0, 0.1) is 30.3 Å². The van der Waals surface area contributed by atoms with Gasteiger partial charge in [0.05, 0.1) is 14.8 Å². The first-order chi connectivity index (χ1) is 18.8. The summed E-state index contributed by atoms with van der Waals surface area (Å²) in [5.41, 5.74) is 1.39. The lowest BCUT2D eigenvalue weighted by atomic mass is 10.2. The number of nitrogens with zero attached hydrogens (tertiary/aromatic N) is 3. The lowest BCUT2D eigenvalue weighted by Gasteiger charge is -2.17. The van der Waals surface area contributed by atoms with E-state index in [0.29, 0.717) is 16.7 Å². The highest BCUT2D eigenvalue weighted by Crippen LogP contribution is 2.39. The molecule has 12 heteroatoms. The first-order valence-corrected chi connectivity index (χ1v) is 11.5. The largest absolute Gasteiger partial charge is 0.485 e. The summed E-state index contributed by atoms with van der Waals surface area (Å²) in [6, 6.07) is 22.9. The molecular weight excluding hydrogens is 510 g/mol. The average Bonchev–Trinajstić information content (AvgIpc) is 2.94. The van der Waals surface area contributed by atoms with Crippen LogP contribution in [-0.4, -0.2) is 14.8 Å². The molecule has 0 saturated heterocycles. The zero-order valence-corrected chi connectivity index (χ0v) is 20.3. The van der Waals surface area contributed by atoms with E-state index < -0.39 is 14.8 Å². The Morgan fingerprint density at radius 3 is 1.18 bits per heavy atom. The van der Waals surface area contributed by atoms with Gasteiger partial charge in [-0.25, -0.2) is 0 Å². The molecule has 4 rings (SSSR count). The summed E-state index contributed by atoms with van der Waals surface area (Å²) in [6.45, 7) is -0.0710. The van der Waals surface area contributed by atoms with E-state index in [2.05, 4.69) is 0 Å². The Bertz CT molecular complexity index is 1440. The number of non-ortho nitro benzene ring substituents is 3. The van der Waals surface area contributed by atoms with Crippen LogP contribution in [0.15, 0.2) is 91.0 Å². The second kappa shape index (κ2) is 12.1.